The van der Waals surface area contributed by atoms with Crippen LogP contribution in [0.15, 0.2) is 18.2 Å². The van der Waals surface area contributed by atoms with Gasteiger partial charge in [0.15, 0.2) is 0 Å². The van der Waals surface area contributed by atoms with Gasteiger partial charge >= 0.3 is 0 Å². The zero-order chi connectivity index (χ0) is 14.0. The molecular weight excluding hydrogens is 248 g/mol. The number of rotatable bonds is 2. The van der Waals surface area contributed by atoms with Crippen molar-refractivity contribution >= 4 is 11.6 Å². The molecule has 3 N–H and O–H groups in total. The molecule has 0 heterocycles. The fourth-order valence-electron chi connectivity index (χ4n) is 3.55. The van der Waals surface area contributed by atoms with E-state index in [4.69, 9.17) is 5.73 Å². The normalized spacial score (nSPS) is 21.1. The first-order valence-electron chi connectivity index (χ1n) is 7.90. The minimum absolute atomic E-state index is 0.0103. The van der Waals surface area contributed by atoms with E-state index in [1.165, 1.54) is 30.4 Å². The number of fused-ring (bicyclic) bond motifs is 1. The lowest BCUT2D eigenvalue weighted by atomic mass is 9.81. The summed E-state index contributed by atoms with van der Waals surface area (Å²) in [4.78, 5) is 12.5. The van der Waals surface area contributed by atoms with E-state index in [0.29, 0.717) is 0 Å². The molecule has 1 fully saturated rings. The highest BCUT2D eigenvalue weighted by atomic mass is 16.2. The Morgan fingerprint density at radius 2 is 1.80 bits per heavy atom. The molecule has 0 unspecified atom stereocenters. The van der Waals surface area contributed by atoms with Gasteiger partial charge in [0.25, 0.3) is 0 Å². The zero-order valence-electron chi connectivity index (χ0n) is 12.1. The third kappa shape index (κ3) is 2.59. The topological polar surface area (TPSA) is 55.1 Å². The number of hydrogen-bond donors (Lipinski definition) is 2. The summed E-state index contributed by atoms with van der Waals surface area (Å²) in [6.07, 6.45) is 9.64. The fraction of sp³-hybridized carbons (Fsp3) is 0.588. The summed E-state index contributed by atoms with van der Waals surface area (Å²) < 4.78 is 0. The Labute approximate surface area is 120 Å². The van der Waals surface area contributed by atoms with Gasteiger partial charge < -0.3 is 11.1 Å². The smallest absolute Gasteiger partial charge is 0.244 e. The molecule has 2 aliphatic rings. The molecule has 0 bridgehead atoms. The van der Waals surface area contributed by atoms with Gasteiger partial charge in [-0.2, -0.15) is 0 Å². The average molecular weight is 272 g/mol. The summed E-state index contributed by atoms with van der Waals surface area (Å²) in [6, 6.07) is 6.25. The number of hydrogen-bond acceptors (Lipinski definition) is 2. The standard InChI is InChI=1S/C17H24N2O/c18-17(11-4-1-5-12-17)16(20)19-15-10-6-8-13-7-2-3-9-14(13)15/h6,8,10H,1-5,7,9,11-12,18H2,(H,19,20). The molecule has 3 heteroatoms. The van der Waals surface area contributed by atoms with E-state index in [-0.39, 0.29) is 5.91 Å². The summed E-state index contributed by atoms with van der Waals surface area (Å²) in [5.74, 6) is 0.0103. The lowest BCUT2D eigenvalue weighted by Gasteiger charge is -2.32. The highest BCUT2D eigenvalue weighted by Crippen LogP contribution is 2.31. The first-order chi connectivity index (χ1) is 9.69. The lowest BCUT2D eigenvalue weighted by Crippen LogP contribution is -2.52. The zero-order valence-corrected chi connectivity index (χ0v) is 12.1. The molecule has 0 atom stereocenters. The van der Waals surface area contributed by atoms with Crippen LogP contribution in [0, 0.1) is 0 Å². The quantitative estimate of drug-likeness (QED) is 0.869. The van der Waals surface area contributed by atoms with Crippen molar-refractivity contribution in [3.05, 3.63) is 29.3 Å². The third-order valence-corrected chi connectivity index (χ3v) is 4.84. The molecular formula is C17H24N2O. The number of aryl methyl sites for hydroxylation is 1. The van der Waals surface area contributed by atoms with Crippen LogP contribution in [-0.4, -0.2) is 11.4 Å². The maximum Gasteiger partial charge on any atom is 0.244 e. The van der Waals surface area contributed by atoms with Crippen molar-refractivity contribution in [3.63, 3.8) is 0 Å². The Morgan fingerprint density at radius 1 is 1.05 bits per heavy atom. The molecule has 20 heavy (non-hydrogen) atoms. The van der Waals surface area contributed by atoms with Gasteiger partial charge in [-0.05, 0) is 55.7 Å². The van der Waals surface area contributed by atoms with Crippen molar-refractivity contribution in [2.75, 3.05) is 5.32 Å². The first kappa shape index (κ1) is 13.6. The minimum atomic E-state index is -0.657. The summed E-state index contributed by atoms with van der Waals surface area (Å²) in [6.45, 7) is 0. The SMILES string of the molecule is NC1(C(=O)Nc2cccc3c2CCCC3)CCCCC1. The second-order valence-corrected chi connectivity index (χ2v) is 6.32. The van der Waals surface area contributed by atoms with E-state index in [0.717, 1.165) is 44.2 Å². The maximum atomic E-state index is 12.5. The van der Waals surface area contributed by atoms with Crippen LogP contribution in [0.5, 0.6) is 0 Å². The molecule has 3 rings (SSSR count). The second kappa shape index (κ2) is 5.57. The molecule has 1 saturated carbocycles. The van der Waals surface area contributed by atoms with Gasteiger partial charge in [0.1, 0.15) is 0 Å². The first-order valence-corrected chi connectivity index (χ1v) is 7.90. The van der Waals surface area contributed by atoms with Gasteiger partial charge in [-0.15, -0.1) is 0 Å². The Morgan fingerprint density at radius 3 is 2.60 bits per heavy atom. The fourth-order valence-corrected chi connectivity index (χ4v) is 3.55. The van der Waals surface area contributed by atoms with Gasteiger partial charge in [-0.3, -0.25) is 4.79 Å². The van der Waals surface area contributed by atoms with Gasteiger partial charge in [0.05, 0.1) is 5.54 Å². The van der Waals surface area contributed by atoms with E-state index in [9.17, 15) is 4.79 Å². The Bertz CT molecular complexity index is 504. The van der Waals surface area contributed by atoms with Crippen molar-refractivity contribution in [2.24, 2.45) is 5.73 Å². The molecule has 0 saturated heterocycles. The van der Waals surface area contributed by atoms with Gasteiger partial charge in [0, 0.05) is 5.69 Å². The van der Waals surface area contributed by atoms with Crippen LogP contribution in [0.4, 0.5) is 5.69 Å². The lowest BCUT2D eigenvalue weighted by molar-refractivity contribution is -0.122. The molecule has 0 aliphatic heterocycles. The summed E-state index contributed by atoms with van der Waals surface area (Å²) >= 11 is 0. The molecule has 1 aromatic rings. The maximum absolute atomic E-state index is 12.5. The number of nitrogens with one attached hydrogen (secondary N) is 1. The molecule has 0 aromatic heterocycles. The van der Waals surface area contributed by atoms with Gasteiger partial charge in [-0.25, -0.2) is 0 Å². The van der Waals surface area contributed by atoms with E-state index >= 15 is 0 Å². The van der Waals surface area contributed by atoms with Crippen molar-refractivity contribution in [1.29, 1.82) is 0 Å². The van der Waals surface area contributed by atoms with E-state index in [2.05, 4.69) is 11.4 Å². The molecule has 0 radical (unpaired) electrons. The predicted octanol–water partition coefficient (Wildman–Crippen LogP) is 3.17. The molecule has 3 nitrogen and oxygen atoms in total. The van der Waals surface area contributed by atoms with E-state index in [1.54, 1.807) is 0 Å². The number of carbonyl (C=O) groups is 1. The highest BCUT2D eigenvalue weighted by molar-refractivity contribution is 5.98. The van der Waals surface area contributed by atoms with Crippen LogP contribution in [-0.2, 0) is 17.6 Å². The summed E-state index contributed by atoms with van der Waals surface area (Å²) in [7, 11) is 0. The highest BCUT2D eigenvalue weighted by Gasteiger charge is 2.35. The van der Waals surface area contributed by atoms with Crippen LogP contribution in [0.2, 0.25) is 0 Å². The Kier molecular flexibility index (Phi) is 3.79. The number of carbonyl (C=O) groups excluding carboxylic acids is 1. The predicted molar refractivity (Wildman–Crippen MR) is 81.7 cm³/mol. The van der Waals surface area contributed by atoms with Crippen LogP contribution < -0.4 is 11.1 Å². The number of benzene rings is 1. The Hall–Kier alpha value is -1.35. The third-order valence-electron chi connectivity index (χ3n) is 4.84. The van der Waals surface area contributed by atoms with Crippen LogP contribution in [0.3, 0.4) is 0 Å². The Balaban J connectivity index is 1.79. The molecule has 0 spiro atoms. The summed E-state index contributed by atoms with van der Waals surface area (Å²) in [5.41, 5.74) is 9.36. The summed E-state index contributed by atoms with van der Waals surface area (Å²) in [5, 5.41) is 3.12. The van der Waals surface area contributed by atoms with Crippen LogP contribution in [0.25, 0.3) is 0 Å². The van der Waals surface area contributed by atoms with Gasteiger partial charge in [-0.1, -0.05) is 31.4 Å². The van der Waals surface area contributed by atoms with Crippen LogP contribution in [0.1, 0.15) is 56.1 Å². The van der Waals surface area contributed by atoms with Crippen molar-refractivity contribution in [3.8, 4) is 0 Å². The van der Waals surface area contributed by atoms with Crippen LogP contribution >= 0.6 is 0 Å². The van der Waals surface area contributed by atoms with Crippen molar-refractivity contribution in [1.82, 2.24) is 0 Å². The molecule has 1 aromatic carbocycles. The monoisotopic (exact) mass is 272 g/mol. The molecule has 2 aliphatic carbocycles. The number of anilines is 1. The number of nitrogens with two attached hydrogens (primary N) is 1. The van der Waals surface area contributed by atoms with E-state index < -0.39 is 5.54 Å². The molecule has 1 amide bonds. The minimum Gasteiger partial charge on any atom is -0.324 e. The van der Waals surface area contributed by atoms with E-state index in [1.807, 2.05) is 12.1 Å². The average Bonchev–Trinajstić information content (AvgIpc) is 2.48. The van der Waals surface area contributed by atoms with Gasteiger partial charge in [0.2, 0.25) is 5.91 Å². The molecule has 108 valence electrons. The number of amides is 1. The van der Waals surface area contributed by atoms with Crippen molar-refractivity contribution in [2.45, 2.75) is 63.3 Å². The largest absolute Gasteiger partial charge is 0.324 e. The second-order valence-electron chi connectivity index (χ2n) is 6.32. The van der Waals surface area contributed by atoms with Crippen molar-refractivity contribution < 1.29 is 4.79 Å².